The number of para-hydroxylation sites is 2. The van der Waals surface area contributed by atoms with Gasteiger partial charge in [-0.3, -0.25) is 0 Å². The average Bonchev–Trinajstić information content (AvgIpc) is 3.27. The summed E-state index contributed by atoms with van der Waals surface area (Å²) in [5.41, 5.74) is 8.53. The average molecular weight is 524 g/mol. The molecule has 0 aliphatic heterocycles. The minimum Gasteiger partial charge on any atom is -0.309 e. The second kappa shape index (κ2) is 8.51. The maximum absolute atomic E-state index is 3.66. The van der Waals surface area contributed by atoms with Crippen LogP contribution in [0.3, 0.4) is 0 Å². The number of hydrogen-bond acceptors (Lipinski definition) is 0. The van der Waals surface area contributed by atoms with Crippen molar-refractivity contribution in [3.8, 4) is 27.9 Å². The van der Waals surface area contributed by atoms with Crippen molar-refractivity contribution in [1.82, 2.24) is 4.57 Å². The summed E-state index contributed by atoms with van der Waals surface area (Å²) in [6.07, 6.45) is 0. The molecule has 0 aliphatic rings. The monoisotopic (exact) mass is 523 g/mol. The van der Waals surface area contributed by atoms with Gasteiger partial charge in [-0.05, 0) is 81.6 Å². The van der Waals surface area contributed by atoms with E-state index in [0.717, 1.165) is 4.47 Å². The predicted molar refractivity (Wildman–Crippen MR) is 157 cm³/mol. The largest absolute Gasteiger partial charge is 0.309 e. The van der Waals surface area contributed by atoms with Gasteiger partial charge in [-0.25, -0.2) is 0 Å². The Bertz CT molecular complexity index is 1830. The molecule has 1 heterocycles. The highest BCUT2D eigenvalue weighted by atomic mass is 79.9. The highest BCUT2D eigenvalue weighted by molar-refractivity contribution is 9.10. The zero-order valence-corrected chi connectivity index (χ0v) is 21.1. The Morgan fingerprint density at radius 2 is 1.08 bits per heavy atom. The molecule has 0 aliphatic carbocycles. The van der Waals surface area contributed by atoms with Crippen LogP contribution in [0.25, 0.3) is 60.5 Å². The molecular weight excluding hydrogens is 502 g/mol. The Morgan fingerprint density at radius 3 is 1.78 bits per heavy atom. The number of hydrogen-bond donors (Lipinski definition) is 0. The zero-order valence-electron chi connectivity index (χ0n) is 19.5. The molecule has 0 spiro atoms. The number of halogens is 1. The van der Waals surface area contributed by atoms with Gasteiger partial charge in [0.1, 0.15) is 0 Å². The molecule has 0 saturated carbocycles. The van der Waals surface area contributed by atoms with Gasteiger partial charge in [0.25, 0.3) is 0 Å². The van der Waals surface area contributed by atoms with Crippen molar-refractivity contribution in [2.75, 3.05) is 0 Å². The molecule has 0 saturated heterocycles. The van der Waals surface area contributed by atoms with Crippen LogP contribution in [-0.2, 0) is 0 Å². The van der Waals surface area contributed by atoms with E-state index in [4.69, 9.17) is 0 Å². The van der Waals surface area contributed by atoms with Crippen molar-refractivity contribution >= 4 is 48.5 Å². The normalized spacial score (nSPS) is 11.5. The zero-order chi connectivity index (χ0) is 24.1. The van der Waals surface area contributed by atoms with Crippen molar-refractivity contribution in [3.63, 3.8) is 0 Å². The molecule has 0 fully saturated rings. The summed E-state index contributed by atoms with van der Waals surface area (Å²) in [6.45, 7) is 0. The molecule has 7 aromatic rings. The van der Waals surface area contributed by atoms with Crippen LogP contribution in [0.5, 0.6) is 0 Å². The lowest BCUT2D eigenvalue weighted by atomic mass is 9.93. The van der Waals surface area contributed by atoms with Crippen LogP contribution in [-0.4, -0.2) is 4.57 Å². The lowest BCUT2D eigenvalue weighted by Crippen LogP contribution is -1.93. The van der Waals surface area contributed by atoms with E-state index >= 15 is 0 Å². The summed E-state index contributed by atoms with van der Waals surface area (Å²) >= 11 is 3.66. The summed E-state index contributed by atoms with van der Waals surface area (Å²) in [7, 11) is 0. The summed E-state index contributed by atoms with van der Waals surface area (Å²) in [4.78, 5) is 0. The second-order valence-corrected chi connectivity index (χ2v) is 10.1. The molecule has 1 aromatic heterocycles. The second-order valence-electron chi connectivity index (χ2n) is 9.17. The number of nitrogens with zero attached hydrogens (tertiary/aromatic N) is 1. The highest BCUT2D eigenvalue weighted by Crippen LogP contribution is 2.37. The lowest BCUT2D eigenvalue weighted by Gasteiger charge is -2.13. The molecule has 2 heteroatoms. The molecule has 170 valence electrons. The highest BCUT2D eigenvalue weighted by Gasteiger charge is 2.12. The van der Waals surface area contributed by atoms with Crippen molar-refractivity contribution < 1.29 is 0 Å². The van der Waals surface area contributed by atoms with Crippen LogP contribution in [0.15, 0.2) is 138 Å². The standard InChI is InChI=1S/C34H22BrN/c35-27-17-14-25-20-26(21-31(32(25)22-27)24-8-2-1-3-9-24)23-15-18-28(19-16-23)36-33-12-6-4-10-29(33)30-11-5-7-13-34(30)36/h1-22H. The smallest absolute Gasteiger partial charge is 0.0541 e. The van der Waals surface area contributed by atoms with Gasteiger partial charge >= 0.3 is 0 Å². The fourth-order valence-electron chi connectivity index (χ4n) is 5.36. The van der Waals surface area contributed by atoms with E-state index in [1.807, 2.05) is 0 Å². The molecule has 0 N–H and O–H groups in total. The summed E-state index contributed by atoms with van der Waals surface area (Å²) in [6, 6.07) is 48.0. The number of aromatic nitrogens is 1. The molecule has 0 bridgehead atoms. The topological polar surface area (TPSA) is 4.93 Å². The first-order valence-electron chi connectivity index (χ1n) is 12.1. The van der Waals surface area contributed by atoms with Crippen molar-refractivity contribution in [3.05, 3.63) is 138 Å². The van der Waals surface area contributed by atoms with Gasteiger partial charge in [-0.2, -0.15) is 0 Å². The molecule has 6 aromatic carbocycles. The van der Waals surface area contributed by atoms with Gasteiger partial charge in [-0.15, -0.1) is 0 Å². The van der Waals surface area contributed by atoms with Crippen molar-refractivity contribution in [2.24, 2.45) is 0 Å². The van der Waals surface area contributed by atoms with Gasteiger partial charge in [0.15, 0.2) is 0 Å². The third kappa shape index (κ3) is 3.45. The van der Waals surface area contributed by atoms with E-state index in [9.17, 15) is 0 Å². The Balaban J connectivity index is 1.39. The van der Waals surface area contributed by atoms with Gasteiger partial charge in [0.2, 0.25) is 0 Å². The minimum absolute atomic E-state index is 1.09. The summed E-state index contributed by atoms with van der Waals surface area (Å²) in [5.74, 6) is 0. The molecule has 7 rings (SSSR count). The quantitative estimate of drug-likeness (QED) is 0.217. The van der Waals surface area contributed by atoms with Crippen LogP contribution in [0, 0.1) is 0 Å². The van der Waals surface area contributed by atoms with Gasteiger partial charge in [0, 0.05) is 20.9 Å². The van der Waals surface area contributed by atoms with Crippen LogP contribution in [0.2, 0.25) is 0 Å². The molecule has 0 unspecified atom stereocenters. The fraction of sp³-hybridized carbons (Fsp3) is 0. The van der Waals surface area contributed by atoms with Crippen LogP contribution < -0.4 is 0 Å². The first-order chi connectivity index (χ1) is 17.8. The Labute approximate surface area is 218 Å². The van der Waals surface area contributed by atoms with Gasteiger partial charge in [0.05, 0.1) is 11.0 Å². The summed E-state index contributed by atoms with van der Waals surface area (Å²) in [5, 5.41) is 5.05. The van der Waals surface area contributed by atoms with Crippen molar-refractivity contribution in [2.45, 2.75) is 0 Å². The van der Waals surface area contributed by atoms with E-state index in [2.05, 4.69) is 154 Å². The third-order valence-electron chi connectivity index (χ3n) is 7.04. The fourth-order valence-corrected chi connectivity index (χ4v) is 5.72. The lowest BCUT2D eigenvalue weighted by molar-refractivity contribution is 1.18. The Hall–Kier alpha value is -4.14. The first kappa shape index (κ1) is 21.2. The third-order valence-corrected chi connectivity index (χ3v) is 7.53. The molecule has 0 radical (unpaired) electrons. The van der Waals surface area contributed by atoms with Gasteiger partial charge in [-0.1, -0.05) is 101 Å². The maximum atomic E-state index is 3.66. The van der Waals surface area contributed by atoms with Crippen molar-refractivity contribution in [1.29, 1.82) is 0 Å². The SMILES string of the molecule is Brc1ccc2cc(-c3ccc(-n4c5ccccc5c5ccccc54)cc3)cc(-c3ccccc3)c2c1. The van der Waals surface area contributed by atoms with E-state index in [1.165, 1.54) is 60.5 Å². The van der Waals surface area contributed by atoms with Crippen LogP contribution in [0.1, 0.15) is 0 Å². The van der Waals surface area contributed by atoms with E-state index < -0.39 is 0 Å². The summed E-state index contributed by atoms with van der Waals surface area (Å²) < 4.78 is 3.46. The van der Waals surface area contributed by atoms with Crippen LogP contribution >= 0.6 is 15.9 Å². The first-order valence-corrected chi connectivity index (χ1v) is 12.9. The molecule has 1 nitrogen and oxygen atoms in total. The Kier molecular flexibility index (Phi) is 5.00. The van der Waals surface area contributed by atoms with E-state index in [0.29, 0.717) is 0 Å². The maximum Gasteiger partial charge on any atom is 0.0541 e. The number of benzene rings is 6. The van der Waals surface area contributed by atoms with E-state index in [1.54, 1.807) is 0 Å². The van der Waals surface area contributed by atoms with Crippen LogP contribution in [0.4, 0.5) is 0 Å². The molecule has 0 atom stereocenters. The number of rotatable bonds is 3. The van der Waals surface area contributed by atoms with Gasteiger partial charge < -0.3 is 4.57 Å². The number of fused-ring (bicyclic) bond motifs is 4. The molecule has 36 heavy (non-hydrogen) atoms. The Morgan fingerprint density at radius 1 is 0.444 bits per heavy atom. The molecule has 0 amide bonds. The molecular formula is C34H22BrN. The predicted octanol–water partition coefficient (Wildman–Crippen LogP) is 10.0. The minimum atomic E-state index is 1.09. The van der Waals surface area contributed by atoms with E-state index in [-0.39, 0.29) is 0 Å².